The molecular formula is C16H22ClNO2. The molecule has 1 atom stereocenters. The lowest BCUT2D eigenvalue weighted by Gasteiger charge is -2.22. The van der Waals surface area contributed by atoms with Crippen molar-refractivity contribution >= 4 is 17.5 Å². The average Bonchev–Trinajstić information content (AvgIpc) is 2.53. The Morgan fingerprint density at radius 3 is 2.55 bits per heavy atom. The quantitative estimate of drug-likeness (QED) is 0.842. The maximum absolute atomic E-state index is 12.1. The number of benzene rings is 1. The van der Waals surface area contributed by atoms with Crippen LogP contribution >= 0.6 is 11.6 Å². The van der Waals surface area contributed by atoms with Crippen molar-refractivity contribution in [2.45, 2.75) is 37.5 Å². The summed E-state index contributed by atoms with van der Waals surface area (Å²) in [6, 6.07) is 7.30. The molecule has 1 saturated carbocycles. The number of halogens is 1. The Balaban J connectivity index is 1.83. The van der Waals surface area contributed by atoms with Gasteiger partial charge >= 0.3 is 0 Å². The summed E-state index contributed by atoms with van der Waals surface area (Å²) in [5, 5.41) is 2.34. The van der Waals surface area contributed by atoms with E-state index in [-0.39, 0.29) is 5.91 Å². The molecule has 1 fully saturated rings. The van der Waals surface area contributed by atoms with Gasteiger partial charge in [-0.1, -0.05) is 31.4 Å². The summed E-state index contributed by atoms with van der Waals surface area (Å²) in [5.74, 6) is 1.27. The van der Waals surface area contributed by atoms with E-state index in [9.17, 15) is 4.79 Å². The van der Waals surface area contributed by atoms with Gasteiger partial charge in [-0.05, 0) is 36.5 Å². The third kappa shape index (κ3) is 4.14. The molecule has 3 nitrogen and oxygen atoms in total. The lowest BCUT2D eigenvalue weighted by molar-refractivity contribution is -0.121. The van der Waals surface area contributed by atoms with E-state index in [1.54, 1.807) is 7.11 Å². The number of carbonyl (C=O) groups is 1. The Morgan fingerprint density at radius 1 is 1.30 bits per heavy atom. The predicted molar refractivity (Wildman–Crippen MR) is 81.2 cm³/mol. The Morgan fingerprint density at radius 2 is 1.95 bits per heavy atom. The van der Waals surface area contributed by atoms with E-state index in [1.165, 1.54) is 32.1 Å². The topological polar surface area (TPSA) is 38.3 Å². The molecule has 20 heavy (non-hydrogen) atoms. The maximum atomic E-state index is 12.1. The fraction of sp³-hybridized carbons (Fsp3) is 0.562. The number of hydrogen-bond donors (Lipinski definition) is 1. The molecule has 0 bridgehead atoms. The standard InChI is InChI=1S/C16H22ClNO2/c1-20-14-9-7-13(8-10-14)15(17)16(19)18-11-12-5-3-2-4-6-12/h7-10,12,15H,2-6,11H2,1H3,(H,18,19). The zero-order valence-corrected chi connectivity index (χ0v) is 12.7. The number of ether oxygens (including phenoxy) is 1. The second-order valence-corrected chi connectivity index (χ2v) is 5.82. The van der Waals surface area contributed by atoms with Gasteiger partial charge in [-0.3, -0.25) is 4.79 Å². The summed E-state index contributed by atoms with van der Waals surface area (Å²) >= 11 is 6.22. The fourth-order valence-electron chi connectivity index (χ4n) is 2.65. The molecule has 1 unspecified atom stereocenters. The van der Waals surface area contributed by atoms with Crippen LogP contribution in [0.4, 0.5) is 0 Å². The molecule has 2 rings (SSSR count). The smallest absolute Gasteiger partial charge is 0.242 e. The minimum absolute atomic E-state index is 0.109. The molecule has 1 aromatic rings. The first-order chi connectivity index (χ1) is 9.70. The van der Waals surface area contributed by atoms with E-state index in [4.69, 9.17) is 16.3 Å². The minimum atomic E-state index is -0.635. The Kier molecular flexibility index (Phi) is 5.72. The number of alkyl halides is 1. The number of carbonyl (C=O) groups excluding carboxylic acids is 1. The van der Waals surface area contributed by atoms with Crippen molar-refractivity contribution in [1.82, 2.24) is 5.32 Å². The van der Waals surface area contributed by atoms with Crippen LogP contribution < -0.4 is 10.1 Å². The maximum Gasteiger partial charge on any atom is 0.242 e. The summed E-state index contributed by atoms with van der Waals surface area (Å²) < 4.78 is 5.09. The summed E-state index contributed by atoms with van der Waals surface area (Å²) in [7, 11) is 1.62. The van der Waals surface area contributed by atoms with Gasteiger partial charge in [-0.2, -0.15) is 0 Å². The first-order valence-electron chi connectivity index (χ1n) is 7.26. The molecule has 0 aliphatic heterocycles. The van der Waals surface area contributed by atoms with Crippen LogP contribution in [0.25, 0.3) is 0 Å². The van der Waals surface area contributed by atoms with E-state index >= 15 is 0 Å². The Labute approximate surface area is 125 Å². The van der Waals surface area contributed by atoms with Crippen LogP contribution in [0.2, 0.25) is 0 Å². The summed E-state index contributed by atoms with van der Waals surface area (Å²) in [5.41, 5.74) is 0.800. The summed E-state index contributed by atoms with van der Waals surface area (Å²) in [6.45, 7) is 0.748. The van der Waals surface area contributed by atoms with E-state index in [2.05, 4.69) is 5.32 Å². The van der Waals surface area contributed by atoms with Gasteiger partial charge in [0.1, 0.15) is 11.1 Å². The van der Waals surface area contributed by atoms with Crippen LogP contribution in [0.15, 0.2) is 24.3 Å². The largest absolute Gasteiger partial charge is 0.497 e. The SMILES string of the molecule is COc1ccc(C(Cl)C(=O)NCC2CCCCC2)cc1. The summed E-state index contributed by atoms with van der Waals surface area (Å²) in [4.78, 5) is 12.1. The lowest BCUT2D eigenvalue weighted by atomic mass is 9.89. The molecule has 4 heteroatoms. The molecule has 1 amide bonds. The van der Waals surface area contributed by atoms with Crippen LogP contribution in [0.5, 0.6) is 5.75 Å². The first-order valence-corrected chi connectivity index (χ1v) is 7.70. The number of methoxy groups -OCH3 is 1. The number of hydrogen-bond acceptors (Lipinski definition) is 2. The Bertz CT molecular complexity index is 427. The number of rotatable bonds is 5. The monoisotopic (exact) mass is 295 g/mol. The molecule has 0 radical (unpaired) electrons. The van der Waals surface area contributed by atoms with Crippen LogP contribution in [0.1, 0.15) is 43.0 Å². The normalized spacial score (nSPS) is 17.5. The van der Waals surface area contributed by atoms with E-state index < -0.39 is 5.38 Å². The highest BCUT2D eigenvalue weighted by Gasteiger charge is 2.20. The molecular weight excluding hydrogens is 274 g/mol. The minimum Gasteiger partial charge on any atom is -0.497 e. The first kappa shape index (κ1) is 15.2. The Hall–Kier alpha value is -1.22. The molecule has 0 aromatic heterocycles. The van der Waals surface area contributed by atoms with E-state index in [0.29, 0.717) is 5.92 Å². The second kappa shape index (κ2) is 7.53. The van der Waals surface area contributed by atoms with Gasteiger partial charge in [0.05, 0.1) is 7.11 Å². The third-order valence-corrected chi connectivity index (χ3v) is 4.38. The predicted octanol–water partition coefficient (Wildman–Crippen LogP) is 3.67. The van der Waals surface area contributed by atoms with Crippen molar-refractivity contribution < 1.29 is 9.53 Å². The van der Waals surface area contributed by atoms with Crippen LogP contribution in [0.3, 0.4) is 0 Å². The molecule has 0 saturated heterocycles. The van der Waals surface area contributed by atoms with Crippen molar-refractivity contribution in [2.24, 2.45) is 5.92 Å². The summed E-state index contributed by atoms with van der Waals surface area (Å²) in [6.07, 6.45) is 6.33. The van der Waals surface area contributed by atoms with Crippen molar-refractivity contribution in [1.29, 1.82) is 0 Å². The second-order valence-electron chi connectivity index (χ2n) is 5.38. The van der Waals surface area contributed by atoms with Gasteiger partial charge in [0.25, 0.3) is 0 Å². The number of amides is 1. The zero-order valence-electron chi connectivity index (χ0n) is 11.9. The molecule has 0 spiro atoms. The van der Waals surface area contributed by atoms with Crippen molar-refractivity contribution in [3.05, 3.63) is 29.8 Å². The van der Waals surface area contributed by atoms with E-state index in [0.717, 1.165) is 17.9 Å². The van der Waals surface area contributed by atoms with Gasteiger partial charge in [-0.15, -0.1) is 11.6 Å². The fourth-order valence-corrected chi connectivity index (χ4v) is 2.87. The highest BCUT2D eigenvalue weighted by Crippen LogP contribution is 2.25. The molecule has 1 aliphatic rings. The average molecular weight is 296 g/mol. The van der Waals surface area contributed by atoms with Crippen LogP contribution in [-0.2, 0) is 4.79 Å². The highest BCUT2D eigenvalue weighted by molar-refractivity contribution is 6.30. The van der Waals surface area contributed by atoms with Gasteiger partial charge < -0.3 is 10.1 Å². The lowest BCUT2D eigenvalue weighted by Crippen LogP contribution is -2.32. The third-order valence-electron chi connectivity index (χ3n) is 3.93. The van der Waals surface area contributed by atoms with Gasteiger partial charge in [0, 0.05) is 6.54 Å². The van der Waals surface area contributed by atoms with Crippen LogP contribution in [-0.4, -0.2) is 19.6 Å². The van der Waals surface area contributed by atoms with Gasteiger partial charge in [0.2, 0.25) is 5.91 Å². The van der Waals surface area contributed by atoms with Gasteiger partial charge in [-0.25, -0.2) is 0 Å². The molecule has 110 valence electrons. The number of nitrogens with one attached hydrogen (secondary N) is 1. The van der Waals surface area contributed by atoms with Crippen LogP contribution in [0, 0.1) is 5.92 Å². The van der Waals surface area contributed by atoms with Gasteiger partial charge in [0.15, 0.2) is 0 Å². The van der Waals surface area contributed by atoms with Crippen molar-refractivity contribution in [3.8, 4) is 5.75 Å². The molecule has 1 aromatic carbocycles. The molecule has 1 aliphatic carbocycles. The van der Waals surface area contributed by atoms with E-state index in [1.807, 2.05) is 24.3 Å². The molecule has 1 N–H and O–H groups in total. The highest BCUT2D eigenvalue weighted by atomic mass is 35.5. The van der Waals surface area contributed by atoms with Crippen molar-refractivity contribution in [2.75, 3.05) is 13.7 Å². The van der Waals surface area contributed by atoms with Crippen molar-refractivity contribution in [3.63, 3.8) is 0 Å². The molecule has 0 heterocycles. The zero-order chi connectivity index (χ0) is 14.4.